The monoisotopic (exact) mass is 341 g/mol. The standard InChI is InChI=1S/C19H23N3OS/c23-18(21-13-11-15-6-2-1-3-7-15)9-10-19-22-17(14-24-19)16-8-4-5-12-20-16/h4-6,8,12,14H,1-3,7,9-11,13H2,(H,21,23). The minimum absolute atomic E-state index is 0.112. The molecule has 0 spiro atoms. The van der Waals surface area contributed by atoms with Gasteiger partial charge in [-0.2, -0.15) is 0 Å². The lowest BCUT2D eigenvalue weighted by molar-refractivity contribution is -0.121. The Kier molecular flexibility index (Phi) is 6.13. The number of thiazole rings is 1. The molecule has 1 aliphatic rings. The smallest absolute Gasteiger partial charge is 0.220 e. The van der Waals surface area contributed by atoms with Gasteiger partial charge in [0, 0.05) is 31.0 Å². The summed E-state index contributed by atoms with van der Waals surface area (Å²) in [4.78, 5) is 20.8. The summed E-state index contributed by atoms with van der Waals surface area (Å²) in [7, 11) is 0. The topological polar surface area (TPSA) is 54.9 Å². The first-order chi connectivity index (χ1) is 11.8. The number of pyridine rings is 1. The van der Waals surface area contributed by atoms with E-state index in [1.54, 1.807) is 17.5 Å². The first kappa shape index (κ1) is 16.8. The molecule has 126 valence electrons. The van der Waals surface area contributed by atoms with Crippen LogP contribution in [0.25, 0.3) is 11.4 Å². The van der Waals surface area contributed by atoms with E-state index in [0.717, 1.165) is 29.4 Å². The normalized spacial score (nSPS) is 14.2. The summed E-state index contributed by atoms with van der Waals surface area (Å²) in [5.74, 6) is 0.112. The van der Waals surface area contributed by atoms with Gasteiger partial charge in [0.2, 0.25) is 5.91 Å². The number of hydrogen-bond acceptors (Lipinski definition) is 4. The molecule has 24 heavy (non-hydrogen) atoms. The summed E-state index contributed by atoms with van der Waals surface area (Å²) in [5.41, 5.74) is 3.27. The summed E-state index contributed by atoms with van der Waals surface area (Å²) in [6, 6.07) is 5.80. The molecule has 2 aromatic heterocycles. The van der Waals surface area contributed by atoms with Gasteiger partial charge in [-0.1, -0.05) is 17.7 Å². The van der Waals surface area contributed by atoms with Crippen LogP contribution in [0.15, 0.2) is 41.4 Å². The van der Waals surface area contributed by atoms with E-state index in [1.165, 1.54) is 31.3 Å². The zero-order valence-corrected chi connectivity index (χ0v) is 14.6. The SMILES string of the molecule is O=C(CCc1nc(-c2ccccn2)cs1)NCCC1=CCCCC1. The molecule has 0 fully saturated rings. The van der Waals surface area contributed by atoms with Crippen LogP contribution >= 0.6 is 11.3 Å². The van der Waals surface area contributed by atoms with Crippen LogP contribution in [0.3, 0.4) is 0 Å². The molecule has 2 heterocycles. The van der Waals surface area contributed by atoms with Crippen LogP contribution in [-0.2, 0) is 11.2 Å². The van der Waals surface area contributed by atoms with Crippen molar-refractivity contribution in [1.82, 2.24) is 15.3 Å². The van der Waals surface area contributed by atoms with Crippen molar-refractivity contribution < 1.29 is 4.79 Å². The van der Waals surface area contributed by atoms with Crippen LogP contribution in [0.2, 0.25) is 0 Å². The molecule has 0 saturated carbocycles. The Morgan fingerprint density at radius 1 is 1.21 bits per heavy atom. The minimum atomic E-state index is 0.112. The highest BCUT2D eigenvalue weighted by Crippen LogP contribution is 2.21. The number of carbonyl (C=O) groups excluding carboxylic acids is 1. The van der Waals surface area contributed by atoms with Gasteiger partial charge >= 0.3 is 0 Å². The second kappa shape index (κ2) is 8.73. The molecule has 4 nitrogen and oxygen atoms in total. The van der Waals surface area contributed by atoms with Crippen LogP contribution in [0.1, 0.15) is 43.5 Å². The minimum Gasteiger partial charge on any atom is -0.356 e. The Morgan fingerprint density at radius 3 is 2.96 bits per heavy atom. The van der Waals surface area contributed by atoms with Crippen LogP contribution in [0.4, 0.5) is 0 Å². The molecule has 2 aromatic rings. The molecular weight excluding hydrogens is 318 g/mol. The molecule has 1 amide bonds. The molecule has 0 bridgehead atoms. The van der Waals surface area contributed by atoms with Crippen molar-refractivity contribution in [3.8, 4) is 11.4 Å². The average Bonchev–Trinajstić information content (AvgIpc) is 3.11. The van der Waals surface area contributed by atoms with E-state index in [2.05, 4.69) is 21.4 Å². The van der Waals surface area contributed by atoms with Crippen molar-refractivity contribution in [2.45, 2.75) is 44.9 Å². The van der Waals surface area contributed by atoms with E-state index in [0.29, 0.717) is 12.8 Å². The fourth-order valence-corrected chi connectivity index (χ4v) is 3.65. The van der Waals surface area contributed by atoms with Crippen molar-refractivity contribution in [3.05, 3.63) is 46.4 Å². The molecule has 0 aromatic carbocycles. The van der Waals surface area contributed by atoms with Crippen LogP contribution in [0.5, 0.6) is 0 Å². The van der Waals surface area contributed by atoms with E-state index in [4.69, 9.17) is 0 Å². The second-order valence-electron chi connectivity index (χ2n) is 6.05. The molecule has 0 unspecified atom stereocenters. The maximum absolute atomic E-state index is 12.0. The van der Waals surface area contributed by atoms with E-state index >= 15 is 0 Å². The Bertz CT molecular complexity index is 694. The Labute approximate surface area is 147 Å². The molecule has 3 rings (SSSR count). The Hall–Kier alpha value is -2.01. The number of hydrogen-bond donors (Lipinski definition) is 1. The van der Waals surface area contributed by atoms with E-state index in [-0.39, 0.29) is 5.91 Å². The van der Waals surface area contributed by atoms with Gasteiger partial charge in [-0.25, -0.2) is 4.98 Å². The van der Waals surface area contributed by atoms with Gasteiger partial charge in [0.25, 0.3) is 0 Å². The van der Waals surface area contributed by atoms with Gasteiger partial charge in [0.15, 0.2) is 0 Å². The molecule has 0 radical (unpaired) electrons. The van der Waals surface area contributed by atoms with Crippen LogP contribution in [-0.4, -0.2) is 22.4 Å². The number of aryl methyl sites for hydroxylation is 1. The molecule has 0 aliphatic heterocycles. The summed E-state index contributed by atoms with van der Waals surface area (Å²) < 4.78 is 0. The molecule has 0 saturated heterocycles. The van der Waals surface area contributed by atoms with Crippen molar-refractivity contribution >= 4 is 17.2 Å². The van der Waals surface area contributed by atoms with Gasteiger partial charge in [-0.3, -0.25) is 9.78 Å². The number of nitrogens with one attached hydrogen (secondary N) is 1. The predicted octanol–water partition coefficient (Wildman–Crippen LogP) is 4.14. The van der Waals surface area contributed by atoms with Gasteiger partial charge in [-0.15, -0.1) is 11.3 Å². The number of amides is 1. The third-order valence-corrected chi connectivity index (χ3v) is 5.11. The summed E-state index contributed by atoms with van der Waals surface area (Å²) >= 11 is 1.59. The lowest BCUT2D eigenvalue weighted by Crippen LogP contribution is -2.25. The molecule has 1 aliphatic carbocycles. The maximum atomic E-state index is 12.0. The quantitative estimate of drug-likeness (QED) is 0.770. The van der Waals surface area contributed by atoms with Crippen molar-refractivity contribution in [2.75, 3.05) is 6.54 Å². The first-order valence-electron chi connectivity index (χ1n) is 8.62. The third-order valence-electron chi connectivity index (χ3n) is 4.20. The number of allylic oxidation sites excluding steroid dienone is 1. The highest BCUT2D eigenvalue weighted by Gasteiger charge is 2.09. The van der Waals surface area contributed by atoms with E-state index < -0.39 is 0 Å². The molecule has 5 heteroatoms. The van der Waals surface area contributed by atoms with Crippen molar-refractivity contribution in [1.29, 1.82) is 0 Å². The summed E-state index contributed by atoms with van der Waals surface area (Å²) in [5, 5.41) is 6.02. The van der Waals surface area contributed by atoms with E-state index in [9.17, 15) is 4.79 Å². The van der Waals surface area contributed by atoms with Crippen LogP contribution < -0.4 is 5.32 Å². The molecule has 1 N–H and O–H groups in total. The fraction of sp³-hybridized carbons (Fsp3) is 0.421. The maximum Gasteiger partial charge on any atom is 0.220 e. The van der Waals surface area contributed by atoms with Crippen LogP contribution in [0, 0.1) is 0 Å². The number of nitrogens with zero attached hydrogens (tertiary/aromatic N) is 2. The summed E-state index contributed by atoms with van der Waals surface area (Å²) in [6.07, 6.45) is 11.3. The lowest BCUT2D eigenvalue weighted by Gasteiger charge is -2.12. The van der Waals surface area contributed by atoms with Gasteiger partial charge in [0.05, 0.1) is 16.4 Å². The molecular formula is C19H23N3OS. The Morgan fingerprint density at radius 2 is 2.17 bits per heavy atom. The van der Waals surface area contributed by atoms with Gasteiger partial charge < -0.3 is 5.32 Å². The number of rotatable bonds is 7. The van der Waals surface area contributed by atoms with Gasteiger partial charge in [0.1, 0.15) is 0 Å². The third kappa shape index (κ3) is 4.99. The average molecular weight is 341 g/mol. The van der Waals surface area contributed by atoms with Gasteiger partial charge in [-0.05, 0) is 44.2 Å². The Balaban J connectivity index is 1.40. The lowest BCUT2D eigenvalue weighted by atomic mass is 9.97. The molecule has 0 atom stereocenters. The second-order valence-corrected chi connectivity index (χ2v) is 6.99. The number of aromatic nitrogens is 2. The fourth-order valence-electron chi connectivity index (χ4n) is 2.86. The van der Waals surface area contributed by atoms with Crippen molar-refractivity contribution in [3.63, 3.8) is 0 Å². The zero-order valence-electron chi connectivity index (χ0n) is 13.8. The highest BCUT2D eigenvalue weighted by molar-refractivity contribution is 7.09. The predicted molar refractivity (Wildman–Crippen MR) is 97.8 cm³/mol. The van der Waals surface area contributed by atoms with Crippen molar-refractivity contribution in [2.24, 2.45) is 0 Å². The zero-order chi connectivity index (χ0) is 16.6. The summed E-state index contributed by atoms with van der Waals surface area (Å²) in [6.45, 7) is 0.752. The largest absolute Gasteiger partial charge is 0.356 e. The highest BCUT2D eigenvalue weighted by atomic mass is 32.1. The van der Waals surface area contributed by atoms with E-state index in [1.807, 2.05) is 23.6 Å². The first-order valence-corrected chi connectivity index (χ1v) is 9.49. The number of carbonyl (C=O) groups is 1.